The van der Waals surface area contributed by atoms with E-state index >= 15 is 0 Å². The number of hydrogen-bond acceptors (Lipinski definition) is 4. The lowest BCUT2D eigenvalue weighted by molar-refractivity contribution is -0.152. The molecule has 2 fully saturated rings. The van der Waals surface area contributed by atoms with Gasteiger partial charge >= 0.3 is 5.97 Å². The first-order chi connectivity index (χ1) is 19.0. The van der Waals surface area contributed by atoms with Gasteiger partial charge in [0, 0.05) is 18.7 Å². The van der Waals surface area contributed by atoms with E-state index in [-0.39, 0.29) is 18.0 Å². The van der Waals surface area contributed by atoms with Crippen molar-refractivity contribution < 1.29 is 14.7 Å². The number of piperazine rings is 1. The molecule has 3 heterocycles. The first kappa shape index (κ1) is 24.9. The molecule has 0 spiro atoms. The Morgan fingerprint density at radius 2 is 1.49 bits per heavy atom. The molecule has 6 rings (SSSR count). The second-order valence-corrected chi connectivity index (χ2v) is 10.5. The van der Waals surface area contributed by atoms with Gasteiger partial charge in [0.1, 0.15) is 11.9 Å². The monoisotopic (exact) mass is 520 g/mol. The molecule has 0 unspecified atom stereocenters. The number of aliphatic carboxylic acids is 1. The second-order valence-electron chi connectivity index (χ2n) is 10.5. The molecule has 0 saturated carbocycles. The second kappa shape index (κ2) is 10.4. The number of aromatic nitrogens is 2. The average Bonchev–Trinajstić information content (AvgIpc) is 3.45. The predicted molar refractivity (Wildman–Crippen MR) is 150 cm³/mol. The lowest BCUT2D eigenvalue weighted by Crippen LogP contribution is -2.65. The summed E-state index contributed by atoms with van der Waals surface area (Å²) in [6, 6.07) is 30.3. The van der Waals surface area contributed by atoms with Gasteiger partial charge in [0.2, 0.25) is 5.91 Å². The van der Waals surface area contributed by atoms with Crippen molar-refractivity contribution in [1.29, 1.82) is 0 Å². The van der Waals surface area contributed by atoms with Crippen LogP contribution in [0.5, 0.6) is 0 Å². The van der Waals surface area contributed by atoms with Gasteiger partial charge in [-0.05, 0) is 36.5 Å². The molecule has 7 heteroatoms. The number of likely N-dealkylation sites (tertiary alicyclic amines) is 1. The zero-order valence-electron chi connectivity index (χ0n) is 21.9. The van der Waals surface area contributed by atoms with E-state index in [4.69, 9.17) is 5.10 Å². The molecule has 2 saturated heterocycles. The SMILES string of the molecule is Cc1cc(N2[C@H]3CC[C@@H]2[C@@H](C(=O)O)N(C(=O)C(c2ccccc2)c2ccccc2)C3)n(Cc2ccccc2)n1. The molecule has 0 radical (unpaired) electrons. The van der Waals surface area contributed by atoms with E-state index in [0.717, 1.165) is 34.6 Å². The minimum Gasteiger partial charge on any atom is -0.480 e. The molecule has 2 bridgehead atoms. The molecule has 2 aliphatic heterocycles. The predicted octanol–water partition coefficient (Wildman–Crippen LogP) is 4.70. The Kier molecular flexibility index (Phi) is 6.65. The third-order valence-electron chi connectivity index (χ3n) is 8.02. The van der Waals surface area contributed by atoms with Crippen LogP contribution in [-0.4, -0.2) is 56.3 Å². The van der Waals surface area contributed by atoms with Crippen molar-refractivity contribution in [2.24, 2.45) is 0 Å². The van der Waals surface area contributed by atoms with Gasteiger partial charge in [0.15, 0.2) is 0 Å². The maximum absolute atomic E-state index is 14.3. The van der Waals surface area contributed by atoms with E-state index in [1.165, 1.54) is 0 Å². The molecular weight excluding hydrogens is 488 g/mol. The topological polar surface area (TPSA) is 78.7 Å². The van der Waals surface area contributed by atoms with Gasteiger partial charge in [-0.3, -0.25) is 4.79 Å². The Morgan fingerprint density at radius 1 is 0.897 bits per heavy atom. The van der Waals surface area contributed by atoms with Crippen molar-refractivity contribution in [3.63, 3.8) is 0 Å². The molecule has 198 valence electrons. The minimum atomic E-state index is -0.968. The molecule has 1 aromatic heterocycles. The van der Waals surface area contributed by atoms with E-state index in [0.29, 0.717) is 19.5 Å². The third-order valence-corrected chi connectivity index (χ3v) is 8.02. The lowest BCUT2D eigenvalue weighted by Gasteiger charge is -2.47. The highest BCUT2D eigenvalue weighted by Gasteiger charge is 2.52. The van der Waals surface area contributed by atoms with Gasteiger partial charge in [-0.1, -0.05) is 91.0 Å². The van der Waals surface area contributed by atoms with Crippen molar-refractivity contribution in [1.82, 2.24) is 14.7 Å². The number of benzene rings is 3. The number of rotatable bonds is 7. The molecular formula is C32H32N4O3. The number of carbonyl (C=O) groups excluding carboxylic acids is 1. The number of carbonyl (C=O) groups is 2. The van der Waals surface area contributed by atoms with Crippen LogP contribution in [0, 0.1) is 6.92 Å². The number of carboxylic acids is 1. The van der Waals surface area contributed by atoms with E-state index in [1.54, 1.807) is 4.90 Å². The molecule has 3 aromatic carbocycles. The summed E-state index contributed by atoms with van der Waals surface area (Å²) in [5.41, 5.74) is 3.75. The van der Waals surface area contributed by atoms with Crippen molar-refractivity contribution >= 4 is 17.7 Å². The fraction of sp³-hybridized carbons (Fsp3) is 0.281. The highest BCUT2D eigenvalue weighted by molar-refractivity contribution is 5.92. The van der Waals surface area contributed by atoms with Crippen LogP contribution in [0.15, 0.2) is 97.1 Å². The number of aryl methyl sites for hydroxylation is 1. The fourth-order valence-electron chi connectivity index (χ4n) is 6.38. The zero-order chi connectivity index (χ0) is 26.9. The highest BCUT2D eigenvalue weighted by Crippen LogP contribution is 2.40. The van der Waals surface area contributed by atoms with E-state index in [9.17, 15) is 14.7 Å². The maximum Gasteiger partial charge on any atom is 0.328 e. The smallest absolute Gasteiger partial charge is 0.328 e. The van der Waals surface area contributed by atoms with E-state index in [1.807, 2.05) is 96.5 Å². The molecule has 0 aliphatic carbocycles. The summed E-state index contributed by atoms with van der Waals surface area (Å²) in [5.74, 6) is -0.773. The van der Waals surface area contributed by atoms with Crippen LogP contribution in [-0.2, 0) is 16.1 Å². The summed E-state index contributed by atoms with van der Waals surface area (Å²) in [5, 5.41) is 15.3. The normalized spacial score (nSPS) is 20.4. The van der Waals surface area contributed by atoms with Gasteiger partial charge in [0.05, 0.1) is 24.2 Å². The van der Waals surface area contributed by atoms with Gasteiger partial charge in [-0.2, -0.15) is 5.10 Å². The summed E-state index contributed by atoms with van der Waals surface area (Å²) in [7, 11) is 0. The Hall–Kier alpha value is -4.39. The summed E-state index contributed by atoms with van der Waals surface area (Å²) in [6.07, 6.45) is 1.54. The number of anilines is 1. The maximum atomic E-state index is 14.3. The quantitative estimate of drug-likeness (QED) is 0.382. The summed E-state index contributed by atoms with van der Waals surface area (Å²) < 4.78 is 1.98. The number of amides is 1. The molecule has 39 heavy (non-hydrogen) atoms. The Labute approximate surface area is 228 Å². The Balaban J connectivity index is 1.35. The Morgan fingerprint density at radius 3 is 2.08 bits per heavy atom. The van der Waals surface area contributed by atoms with E-state index in [2.05, 4.69) is 17.0 Å². The van der Waals surface area contributed by atoms with Crippen LogP contribution in [0.25, 0.3) is 0 Å². The van der Waals surface area contributed by atoms with Gasteiger partial charge < -0.3 is 14.9 Å². The number of fused-ring (bicyclic) bond motifs is 2. The van der Waals surface area contributed by atoms with Crippen molar-refractivity contribution in [2.75, 3.05) is 11.4 Å². The van der Waals surface area contributed by atoms with Crippen molar-refractivity contribution in [3.05, 3.63) is 119 Å². The van der Waals surface area contributed by atoms with Gasteiger partial charge in [0.25, 0.3) is 0 Å². The zero-order valence-corrected chi connectivity index (χ0v) is 21.9. The van der Waals surface area contributed by atoms with Crippen LogP contribution < -0.4 is 4.90 Å². The average molecular weight is 521 g/mol. The first-order valence-electron chi connectivity index (χ1n) is 13.5. The van der Waals surface area contributed by atoms with Crippen LogP contribution in [0.2, 0.25) is 0 Å². The number of carboxylic acid groups (broad SMARTS) is 1. The standard InChI is InChI=1S/C32H32N4O3/c1-22-19-28(35(33-22)20-23-11-5-2-6-12-23)36-26-17-18-27(36)30(32(38)39)34(21-26)31(37)29(24-13-7-3-8-14-24)25-15-9-4-10-16-25/h2-16,19,26-27,29-30H,17-18,20-21H2,1H3,(H,38,39)/t26-,27+,30-/m0/s1. The summed E-state index contributed by atoms with van der Waals surface area (Å²) in [4.78, 5) is 31.0. The minimum absolute atomic E-state index is 0.0207. The third kappa shape index (κ3) is 4.69. The molecule has 3 atom stereocenters. The largest absolute Gasteiger partial charge is 0.480 e. The van der Waals surface area contributed by atoms with Crippen LogP contribution in [0.4, 0.5) is 5.82 Å². The molecule has 2 aliphatic rings. The van der Waals surface area contributed by atoms with Crippen molar-refractivity contribution in [2.45, 2.75) is 50.4 Å². The first-order valence-corrected chi connectivity index (χ1v) is 13.5. The summed E-state index contributed by atoms with van der Waals surface area (Å²) in [6.45, 7) is 2.92. The van der Waals surface area contributed by atoms with Crippen LogP contribution >= 0.6 is 0 Å². The molecule has 1 amide bonds. The van der Waals surface area contributed by atoms with E-state index < -0.39 is 17.9 Å². The molecule has 1 N–H and O–H groups in total. The highest BCUT2D eigenvalue weighted by atomic mass is 16.4. The Bertz CT molecular complexity index is 1420. The number of hydrogen-bond donors (Lipinski definition) is 1. The van der Waals surface area contributed by atoms with Crippen LogP contribution in [0.3, 0.4) is 0 Å². The fourth-order valence-corrected chi connectivity index (χ4v) is 6.38. The van der Waals surface area contributed by atoms with Crippen molar-refractivity contribution in [3.8, 4) is 0 Å². The lowest BCUT2D eigenvalue weighted by atomic mass is 9.88. The molecule has 4 aromatic rings. The van der Waals surface area contributed by atoms with Crippen LogP contribution in [0.1, 0.15) is 41.1 Å². The number of nitrogens with zero attached hydrogens (tertiary/aromatic N) is 4. The summed E-state index contributed by atoms with van der Waals surface area (Å²) >= 11 is 0. The van der Waals surface area contributed by atoms with Gasteiger partial charge in [-0.25, -0.2) is 9.48 Å². The molecule has 7 nitrogen and oxygen atoms in total. The van der Waals surface area contributed by atoms with Gasteiger partial charge in [-0.15, -0.1) is 0 Å².